The van der Waals surface area contributed by atoms with E-state index in [4.69, 9.17) is 0 Å². The van der Waals surface area contributed by atoms with Crippen LogP contribution in [0.25, 0.3) is 5.57 Å². The van der Waals surface area contributed by atoms with E-state index >= 15 is 0 Å². The summed E-state index contributed by atoms with van der Waals surface area (Å²) in [7, 11) is 0. The third-order valence-electron chi connectivity index (χ3n) is 4.71. The first-order valence-electron chi connectivity index (χ1n) is 9.09. The number of carbonyl (C=O) groups excluding carboxylic acids is 1. The van der Waals surface area contributed by atoms with Crippen LogP contribution in [-0.2, 0) is 4.79 Å². The average Bonchev–Trinajstić information content (AvgIpc) is 2.50. The number of unbranched alkanes of at least 4 members (excludes halogenated alkanes) is 1. The summed E-state index contributed by atoms with van der Waals surface area (Å²) in [5, 5.41) is 3.29. The van der Waals surface area contributed by atoms with E-state index in [-0.39, 0.29) is 17.0 Å². The Labute approximate surface area is 147 Å². The Morgan fingerprint density at radius 2 is 1.83 bits per heavy atom. The lowest BCUT2D eigenvalue weighted by molar-refractivity contribution is -0.141. The van der Waals surface area contributed by atoms with Crippen LogP contribution in [0, 0.1) is 0 Å². The lowest BCUT2D eigenvalue weighted by Gasteiger charge is -2.51. The molecular formula is C21H32N2O. The highest BCUT2D eigenvalue weighted by atomic mass is 16.2. The summed E-state index contributed by atoms with van der Waals surface area (Å²) in [6, 6.07) is 10.5. The van der Waals surface area contributed by atoms with Gasteiger partial charge < -0.3 is 10.2 Å². The second-order valence-electron chi connectivity index (χ2n) is 7.94. The molecule has 132 valence electrons. The SMILES string of the molecule is CCCCNCC(=O)N1C(C)(C)C=C(c2ccccc2)CC1(C)C. The normalized spacial score (nSPS) is 19.0. The second kappa shape index (κ2) is 7.52. The molecule has 0 aromatic heterocycles. The number of benzene rings is 1. The number of carbonyl (C=O) groups is 1. The van der Waals surface area contributed by atoms with Crippen molar-refractivity contribution < 1.29 is 4.79 Å². The van der Waals surface area contributed by atoms with Gasteiger partial charge in [-0.05, 0) is 58.2 Å². The third kappa shape index (κ3) is 4.27. The van der Waals surface area contributed by atoms with Gasteiger partial charge in [0.1, 0.15) is 0 Å². The highest BCUT2D eigenvalue weighted by Gasteiger charge is 2.43. The average molecular weight is 329 g/mol. The van der Waals surface area contributed by atoms with Gasteiger partial charge in [-0.15, -0.1) is 0 Å². The zero-order chi connectivity index (χ0) is 17.8. The summed E-state index contributed by atoms with van der Waals surface area (Å²) in [6.07, 6.45) is 5.39. The molecule has 1 N–H and O–H groups in total. The van der Waals surface area contributed by atoms with Gasteiger partial charge in [0.05, 0.1) is 12.1 Å². The summed E-state index contributed by atoms with van der Waals surface area (Å²) in [5.41, 5.74) is 2.09. The number of rotatable bonds is 6. The van der Waals surface area contributed by atoms with Gasteiger partial charge in [-0.2, -0.15) is 0 Å². The van der Waals surface area contributed by atoms with E-state index in [1.54, 1.807) is 0 Å². The van der Waals surface area contributed by atoms with Gasteiger partial charge in [0, 0.05) is 5.54 Å². The van der Waals surface area contributed by atoms with Crippen LogP contribution in [0.1, 0.15) is 59.4 Å². The van der Waals surface area contributed by atoms with Crippen molar-refractivity contribution in [3.63, 3.8) is 0 Å². The van der Waals surface area contributed by atoms with Crippen molar-refractivity contribution in [2.75, 3.05) is 13.1 Å². The standard InChI is InChI=1S/C21H32N2O/c1-6-7-13-22-16-19(24)23-20(2,3)14-18(15-21(23,4)5)17-11-9-8-10-12-17/h8-12,14,22H,6-7,13,15-16H2,1-5H3. The van der Waals surface area contributed by atoms with Crippen LogP contribution in [0.15, 0.2) is 36.4 Å². The Bertz CT molecular complexity index is 587. The maximum absolute atomic E-state index is 12.9. The van der Waals surface area contributed by atoms with Crippen LogP contribution in [0.5, 0.6) is 0 Å². The van der Waals surface area contributed by atoms with Crippen molar-refractivity contribution in [2.45, 2.75) is 65.0 Å². The molecule has 0 saturated carbocycles. The highest BCUT2D eigenvalue weighted by Crippen LogP contribution is 2.40. The molecule has 24 heavy (non-hydrogen) atoms. The highest BCUT2D eigenvalue weighted by molar-refractivity contribution is 5.82. The molecule has 0 unspecified atom stereocenters. The molecule has 0 radical (unpaired) electrons. The smallest absolute Gasteiger partial charge is 0.237 e. The van der Waals surface area contributed by atoms with Crippen LogP contribution in [-0.4, -0.2) is 35.0 Å². The Morgan fingerprint density at radius 3 is 2.42 bits per heavy atom. The molecular weight excluding hydrogens is 296 g/mol. The molecule has 0 fully saturated rings. The van der Waals surface area contributed by atoms with E-state index in [1.807, 2.05) is 6.07 Å². The topological polar surface area (TPSA) is 32.3 Å². The maximum atomic E-state index is 12.9. The zero-order valence-electron chi connectivity index (χ0n) is 15.9. The minimum absolute atomic E-state index is 0.185. The molecule has 1 aromatic rings. The first-order valence-corrected chi connectivity index (χ1v) is 9.09. The second-order valence-corrected chi connectivity index (χ2v) is 7.94. The van der Waals surface area contributed by atoms with Gasteiger partial charge in [-0.3, -0.25) is 4.79 Å². The van der Waals surface area contributed by atoms with Crippen molar-refractivity contribution in [1.29, 1.82) is 0 Å². The molecule has 1 aliphatic heterocycles. The molecule has 1 amide bonds. The summed E-state index contributed by atoms with van der Waals surface area (Å²) in [5.74, 6) is 0.185. The van der Waals surface area contributed by atoms with E-state index in [0.29, 0.717) is 6.54 Å². The van der Waals surface area contributed by atoms with Crippen LogP contribution in [0.4, 0.5) is 0 Å². The lowest BCUT2D eigenvalue weighted by atomic mass is 9.78. The third-order valence-corrected chi connectivity index (χ3v) is 4.71. The lowest BCUT2D eigenvalue weighted by Crippen LogP contribution is -2.61. The number of hydrogen-bond acceptors (Lipinski definition) is 2. The van der Waals surface area contributed by atoms with Gasteiger partial charge in [0.15, 0.2) is 0 Å². The van der Waals surface area contributed by atoms with Crippen molar-refractivity contribution in [1.82, 2.24) is 10.2 Å². The minimum atomic E-state index is -0.295. The van der Waals surface area contributed by atoms with Crippen LogP contribution in [0.3, 0.4) is 0 Å². The monoisotopic (exact) mass is 328 g/mol. The summed E-state index contributed by atoms with van der Waals surface area (Å²) in [4.78, 5) is 14.9. The van der Waals surface area contributed by atoms with E-state index in [0.717, 1.165) is 25.8 Å². The molecule has 0 aliphatic carbocycles. The van der Waals surface area contributed by atoms with Gasteiger partial charge in [0.25, 0.3) is 0 Å². The van der Waals surface area contributed by atoms with Gasteiger partial charge in [-0.25, -0.2) is 0 Å². The zero-order valence-corrected chi connectivity index (χ0v) is 15.9. The Hall–Kier alpha value is -1.61. The predicted molar refractivity (Wildman–Crippen MR) is 102 cm³/mol. The van der Waals surface area contributed by atoms with Crippen LogP contribution in [0.2, 0.25) is 0 Å². The van der Waals surface area contributed by atoms with Crippen molar-refractivity contribution in [2.24, 2.45) is 0 Å². The van der Waals surface area contributed by atoms with Crippen LogP contribution >= 0.6 is 0 Å². The molecule has 0 spiro atoms. The molecule has 1 aromatic carbocycles. The van der Waals surface area contributed by atoms with Crippen molar-refractivity contribution in [3.05, 3.63) is 42.0 Å². The predicted octanol–water partition coefficient (Wildman–Crippen LogP) is 4.25. The molecule has 0 atom stereocenters. The Kier molecular flexibility index (Phi) is 5.87. The molecule has 0 saturated heterocycles. The number of hydrogen-bond donors (Lipinski definition) is 1. The number of nitrogens with one attached hydrogen (secondary N) is 1. The van der Waals surface area contributed by atoms with Crippen molar-refractivity contribution in [3.8, 4) is 0 Å². The number of amides is 1. The van der Waals surface area contributed by atoms with E-state index in [9.17, 15) is 4.79 Å². The summed E-state index contributed by atoms with van der Waals surface area (Å²) >= 11 is 0. The van der Waals surface area contributed by atoms with E-state index in [1.165, 1.54) is 11.1 Å². The van der Waals surface area contributed by atoms with E-state index in [2.05, 4.69) is 75.2 Å². The van der Waals surface area contributed by atoms with Crippen molar-refractivity contribution >= 4 is 11.5 Å². The molecule has 2 rings (SSSR count). The molecule has 3 nitrogen and oxygen atoms in total. The van der Waals surface area contributed by atoms with E-state index < -0.39 is 0 Å². The summed E-state index contributed by atoms with van der Waals surface area (Å²) < 4.78 is 0. The van der Waals surface area contributed by atoms with Gasteiger partial charge >= 0.3 is 0 Å². The molecule has 1 aliphatic rings. The van der Waals surface area contributed by atoms with Gasteiger partial charge in [0.2, 0.25) is 5.91 Å². The minimum Gasteiger partial charge on any atom is -0.328 e. The van der Waals surface area contributed by atoms with Crippen LogP contribution < -0.4 is 5.32 Å². The fraction of sp³-hybridized carbons (Fsp3) is 0.571. The fourth-order valence-corrected chi connectivity index (χ4v) is 3.94. The Balaban J connectivity index is 2.21. The quantitative estimate of drug-likeness (QED) is 0.792. The maximum Gasteiger partial charge on any atom is 0.237 e. The summed E-state index contributed by atoms with van der Waals surface area (Å²) in [6.45, 7) is 12.1. The fourth-order valence-electron chi connectivity index (χ4n) is 3.94. The largest absolute Gasteiger partial charge is 0.328 e. The van der Waals surface area contributed by atoms with Gasteiger partial charge in [-0.1, -0.05) is 49.8 Å². The number of nitrogens with zero attached hydrogens (tertiary/aromatic N) is 1. The molecule has 1 heterocycles. The molecule has 0 bridgehead atoms. The first-order chi connectivity index (χ1) is 11.3. The first kappa shape index (κ1) is 18.7. The molecule has 3 heteroatoms. The Morgan fingerprint density at radius 1 is 1.17 bits per heavy atom.